The van der Waals surface area contributed by atoms with E-state index in [-0.39, 0.29) is 5.25 Å². The maximum absolute atomic E-state index is 11.6. The predicted octanol–water partition coefficient (Wildman–Crippen LogP) is 0.341. The summed E-state index contributed by atoms with van der Waals surface area (Å²) in [5, 5.41) is 9.37. The second-order valence-corrected chi connectivity index (χ2v) is 5.93. The second-order valence-electron chi connectivity index (χ2n) is 3.93. The molecule has 0 heterocycles. The van der Waals surface area contributed by atoms with Crippen LogP contribution < -0.4 is 10.5 Å². The van der Waals surface area contributed by atoms with Crippen LogP contribution in [0.2, 0.25) is 0 Å². The van der Waals surface area contributed by atoms with E-state index in [2.05, 4.69) is 4.72 Å². The lowest BCUT2D eigenvalue weighted by Gasteiger charge is -2.13. The third-order valence-electron chi connectivity index (χ3n) is 2.47. The van der Waals surface area contributed by atoms with Crippen LogP contribution in [0.25, 0.3) is 0 Å². The van der Waals surface area contributed by atoms with Crippen molar-refractivity contribution < 1.29 is 13.5 Å². The Bertz CT molecular complexity index is 483. The van der Waals surface area contributed by atoms with Gasteiger partial charge in [-0.2, -0.15) is 4.72 Å². The molecule has 1 aromatic rings. The normalized spacial score (nSPS) is 18.3. The third-order valence-corrected chi connectivity index (χ3v) is 4.37. The number of rotatable bonds is 4. The molecule has 1 aromatic carbocycles. The van der Waals surface area contributed by atoms with Crippen molar-refractivity contribution in [3.8, 4) is 0 Å². The number of nitrogens with one attached hydrogen (secondary N) is 1. The largest absolute Gasteiger partial charge is 0.399 e. The van der Waals surface area contributed by atoms with Crippen LogP contribution in [-0.4, -0.2) is 18.8 Å². The number of hydrogen-bond acceptors (Lipinski definition) is 4. The SMILES string of the molecule is Nc1cccc(C(O)NS(=O)(=O)C2CC2)c1. The Morgan fingerprint density at radius 3 is 2.69 bits per heavy atom. The highest BCUT2D eigenvalue weighted by atomic mass is 32.2. The van der Waals surface area contributed by atoms with E-state index >= 15 is 0 Å². The minimum atomic E-state index is -3.39. The Kier molecular flexibility index (Phi) is 2.88. The Balaban J connectivity index is 2.11. The molecule has 0 aliphatic heterocycles. The van der Waals surface area contributed by atoms with Crippen molar-refractivity contribution in [2.75, 3.05) is 5.73 Å². The average molecular weight is 242 g/mol. The number of hydrogen-bond donors (Lipinski definition) is 3. The van der Waals surface area contributed by atoms with E-state index in [1.165, 1.54) is 0 Å². The number of nitrogen functional groups attached to an aromatic ring is 1. The minimum absolute atomic E-state index is 0.344. The summed E-state index contributed by atoms with van der Waals surface area (Å²) < 4.78 is 25.4. The average Bonchev–Trinajstić information content (AvgIpc) is 3.00. The molecule has 88 valence electrons. The summed E-state index contributed by atoms with van der Waals surface area (Å²) >= 11 is 0. The van der Waals surface area contributed by atoms with Crippen molar-refractivity contribution in [1.82, 2.24) is 4.72 Å². The molecule has 0 amide bonds. The van der Waals surface area contributed by atoms with Crippen LogP contribution in [0.3, 0.4) is 0 Å². The van der Waals surface area contributed by atoms with Gasteiger partial charge < -0.3 is 10.8 Å². The van der Waals surface area contributed by atoms with E-state index in [4.69, 9.17) is 5.73 Å². The number of aliphatic hydroxyl groups is 1. The molecule has 1 aliphatic carbocycles. The van der Waals surface area contributed by atoms with Gasteiger partial charge in [0.05, 0.1) is 5.25 Å². The molecule has 0 saturated heterocycles. The Morgan fingerprint density at radius 1 is 1.44 bits per heavy atom. The molecule has 0 radical (unpaired) electrons. The van der Waals surface area contributed by atoms with Crippen molar-refractivity contribution in [3.63, 3.8) is 0 Å². The van der Waals surface area contributed by atoms with E-state index in [0.29, 0.717) is 24.1 Å². The first-order valence-electron chi connectivity index (χ1n) is 5.04. The molecule has 1 fully saturated rings. The van der Waals surface area contributed by atoms with Gasteiger partial charge in [0.25, 0.3) is 0 Å². The molecule has 1 unspecified atom stereocenters. The topological polar surface area (TPSA) is 92.4 Å². The Labute approximate surface area is 94.3 Å². The van der Waals surface area contributed by atoms with Gasteiger partial charge in [0.2, 0.25) is 10.0 Å². The molecule has 1 saturated carbocycles. The molecule has 16 heavy (non-hydrogen) atoms. The summed E-state index contributed by atoms with van der Waals surface area (Å²) in [5.74, 6) is 0. The van der Waals surface area contributed by atoms with Gasteiger partial charge in [0.1, 0.15) is 6.23 Å². The van der Waals surface area contributed by atoms with Crippen molar-refractivity contribution in [1.29, 1.82) is 0 Å². The number of nitrogens with two attached hydrogens (primary N) is 1. The highest BCUT2D eigenvalue weighted by Crippen LogP contribution is 2.28. The van der Waals surface area contributed by atoms with Crippen molar-refractivity contribution in [2.24, 2.45) is 0 Å². The molecular weight excluding hydrogens is 228 g/mol. The van der Waals surface area contributed by atoms with E-state index < -0.39 is 16.3 Å². The first kappa shape index (κ1) is 11.4. The summed E-state index contributed by atoms with van der Waals surface area (Å²) in [6.07, 6.45) is 0.104. The van der Waals surface area contributed by atoms with E-state index in [0.717, 1.165) is 0 Å². The molecule has 1 atom stereocenters. The molecule has 0 bridgehead atoms. The summed E-state index contributed by atoms with van der Waals surface area (Å²) in [6.45, 7) is 0. The van der Waals surface area contributed by atoms with Gasteiger partial charge in [-0.25, -0.2) is 8.42 Å². The highest BCUT2D eigenvalue weighted by Gasteiger charge is 2.36. The maximum Gasteiger partial charge on any atom is 0.216 e. The van der Waals surface area contributed by atoms with Gasteiger partial charge in [-0.3, -0.25) is 0 Å². The van der Waals surface area contributed by atoms with E-state index in [1.54, 1.807) is 24.3 Å². The zero-order valence-electron chi connectivity index (χ0n) is 8.63. The molecule has 1 aliphatic rings. The van der Waals surface area contributed by atoms with Gasteiger partial charge in [-0.15, -0.1) is 0 Å². The predicted molar refractivity (Wildman–Crippen MR) is 60.9 cm³/mol. The number of aliphatic hydroxyl groups excluding tert-OH is 1. The van der Waals surface area contributed by atoms with Gasteiger partial charge >= 0.3 is 0 Å². The fourth-order valence-corrected chi connectivity index (χ4v) is 2.82. The third kappa shape index (κ3) is 2.52. The minimum Gasteiger partial charge on any atom is -0.399 e. The molecular formula is C10H14N2O3S. The molecule has 0 aromatic heterocycles. The summed E-state index contributed by atoms with van der Waals surface area (Å²) in [4.78, 5) is 0. The van der Waals surface area contributed by atoms with Crippen LogP contribution in [0.4, 0.5) is 5.69 Å². The molecule has 6 heteroatoms. The number of sulfonamides is 1. The van der Waals surface area contributed by atoms with Crippen LogP contribution in [0, 0.1) is 0 Å². The zero-order chi connectivity index (χ0) is 11.8. The Hall–Kier alpha value is -1.11. The van der Waals surface area contributed by atoms with Crippen molar-refractivity contribution >= 4 is 15.7 Å². The maximum atomic E-state index is 11.6. The molecule has 0 spiro atoms. The summed E-state index contributed by atoms with van der Waals surface area (Å²) in [7, 11) is -3.39. The van der Waals surface area contributed by atoms with Gasteiger partial charge in [0, 0.05) is 5.69 Å². The second kappa shape index (κ2) is 4.04. The summed E-state index contributed by atoms with van der Waals surface area (Å²) in [6, 6.07) is 6.50. The molecule has 5 nitrogen and oxygen atoms in total. The highest BCUT2D eigenvalue weighted by molar-refractivity contribution is 7.90. The number of benzene rings is 1. The standard InChI is InChI=1S/C10H14N2O3S/c11-8-3-1-2-7(6-8)10(13)12-16(14,15)9-4-5-9/h1-3,6,9-10,12-13H,4-5,11H2. The smallest absolute Gasteiger partial charge is 0.216 e. The first-order valence-corrected chi connectivity index (χ1v) is 6.58. The van der Waals surface area contributed by atoms with Gasteiger partial charge in [0.15, 0.2) is 0 Å². The number of anilines is 1. The van der Waals surface area contributed by atoms with Crippen LogP contribution in [0.1, 0.15) is 24.6 Å². The molecule has 2 rings (SSSR count). The lowest BCUT2D eigenvalue weighted by atomic mass is 10.2. The van der Waals surface area contributed by atoms with E-state index in [1.807, 2.05) is 0 Å². The lowest BCUT2D eigenvalue weighted by Crippen LogP contribution is -2.31. The van der Waals surface area contributed by atoms with Crippen molar-refractivity contribution in [2.45, 2.75) is 24.3 Å². The zero-order valence-corrected chi connectivity index (χ0v) is 9.44. The summed E-state index contributed by atoms with van der Waals surface area (Å²) in [5.41, 5.74) is 6.48. The van der Waals surface area contributed by atoms with Gasteiger partial charge in [-0.05, 0) is 30.5 Å². The Morgan fingerprint density at radius 2 is 2.12 bits per heavy atom. The quantitative estimate of drug-likeness (QED) is 0.524. The van der Waals surface area contributed by atoms with Crippen LogP contribution in [0.15, 0.2) is 24.3 Å². The van der Waals surface area contributed by atoms with Crippen molar-refractivity contribution in [3.05, 3.63) is 29.8 Å². The molecule has 4 N–H and O–H groups in total. The van der Waals surface area contributed by atoms with E-state index in [9.17, 15) is 13.5 Å². The monoisotopic (exact) mass is 242 g/mol. The van der Waals surface area contributed by atoms with Crippen LogP contribution >= 0.6 is 0 Å². The lowest BCUT2D eigenvalue weighted by molar-refractivity contribution is 0.166. The first-order chi connectivity index (χ1) is 7.49. The van der Waals surface area contributed by atoms with Crippen LogP contribution in [0.5, 0.6) is 0 Å². The fourth-order valence-electron chi connectivity index (χ4n) is 1.43. The fraction of sp³-hybridized carbons (Fsp3) is 0.400. The van der Waals surface area contributed by atoms with Crippen LogP contribution in [-0.2, 0) is 10.0 Å². The van der Waals surface area contributed by atoms with Gasteiger partial charge in [-0.1, -0.05) is 12.1 Å².